The van der Waals surface area contributed by atoms with Crippen LogP contribution in [0.1, 0.15) is 12.8 Å². The van der Waals surface area contributed by atoms with Gasteiger partial charge in [0.15, 0.2) is 0 Å². The van der Waals surface area contributed by atoms with Crippen molar-refractivity contribution in [1.29, 1.82) is 0 Å². The van der Waals surface area contributed by atoms with Crippen molar-refractivity contribution in [3.63, 3.8) is 0 Å². The summed E-state index contributed by atoms with van der Waals surface area (Å²) in [6, 6.07) is 0. The van der Waals surface area contributed by atoms with Crippen LogP contribution in [0.25, 0.3) is 0 Å². The molecule has 5 heteroatoms. The van der Waals surface area contributed by atoms with Crippen LogP contribution >= 0.6 is 10.7 Å². The van der Waals surface area contributed by atoms with E-state index in [4.69, 9.17) is 10.7 Å². The van der Waals surface area contributed by atoms with Gasteiger partial charge >= 0.3 is 0 Å². The number of rotatable bonds is 2. The molecule has 0 radical (unpaired) electrons. The predicted octanol–water partition coefficient (Wildman–Crippen LogP) is 1.07. The first-order valence-electron chi connectivity index (χ1n) is 3.86. The first-order valence-corrected chi connectivity index (χ1v) is 6.17. The number of piperidine rings is 1. The highest BCUT2D eigenvalue weighted by Gasteiger charge is 2.23. The van der Waals surface area contributed by atoms with Crippen molar-refractivity contribution < 1.29 is 8.42 Å². The van der Waals surface area contributed by atoms with Crippen LogP contribution in [0.2, 0.25) is 0 Å². The minimum Gasteiger partial charge on any atom is -0.316 e. The third-order valence-electron chi connectivity index (χ3n) is 2.07. The lowest BCUT2D eigenvalue weighted by Gasteiger charge is -2.22. The molecule has 1 atom stereocenters. The molecule has 0 aromatic heterocycles. The summed E-state index contributed by atoms with van der Waals surface area (Å²) in [6.45, 7) is 5.11. The van der Waals surface area contributed by atoms with Gasteiger partial charge < -0.3 is 5.32 Å². The SMILES string of the molecule is C=C(C1CCCNC1)S(=O)(=O)Cl. The lowest BCUT2D eigenvalue weighted by Crippen LogP contribution is -2.31. The minimum atomic E-state index is -3.56. The molecule has 0 aliphatic carbocycles. The Kier molecular flexibility index (Phi) is 3.15. The van der Waals surface area contributed by atoms with Crippen molar-refractivity contribution >= 4 is 19.7 Å². The number of nitrogens with one attached hydrogen (secondary N) is 1. The molecular formula is C7H12ClNO2S. The number of hydrogen-bond acceptors (Lipinski definition) is 3. The van der Waals surface area contributed by atoms with E-state index in [2.05, 4.69) is 11.9 Å². The summed E-state index contributed by atoms with van der Waals surface area (Å²) in [4.78, 5) is 0.149. The lowest BCUT2D eigenvalue weighted by atomic mass is 10.00. The van der Waals surface area contributed by atoms with Crippen molar-refractivity contribution in [2.45, 2.75) is 12.8 Å². The predicted molar refractivity (Wildman–Crippen MR) is 49.5 cm³/mol. The smallest absolute Gasteiger partial charge is 0.257 e. The standard InChI is InChI=1S/C7H12ClNO2S/c1-6(12(8,10)11)7-3-2-4-9-5-7/h7,9H,1-5H2. The maximum absolute atomic E-state index is 10.9. The van der Waals surface area contributed by atoms with Gasteiger partial charge in [-0.25, -0.2) is 8.42 Å². The Morgan fingerprint density at radius 3 is 2.67 bits per heavy atom. The normalized spacial score (nSPS) is 25.2. The fourth-order valence-corrected chi connectivity index (χ4v) is 2.30. The Bertz CT molecular complexity index is 267. The highest BCUT2D eigenvalue weighted by molar-refractivity contribution is 8.16. The molecule has 3 nitrogen and oxygen atoms in total. The van der Waals surface area contributed by atoms with Crippen LogP contribution in [0.5, 0.6) is 0 Å². The molecule has 70 valence electrons. The molecule has 0 bridgehead atoms. The summed E-state index contributed by atoms with van der Waals surface area (Å²) in [6.07, 6.45) is 1.84. The summed E-state index contributed by atoms with van der Waals surface area (Å²) in [5.74, 6) is -0.0127. The van der Waals surface area contributed by atoms with Gasteiger partial charge in [-0.15, -0.1) is 0 Å². The van der Waals surface area contributed by atoms with Gasteiger partial charge in [0.2, 0.25) is 0 Å². The van der Waals surface area contributed by atoms with Gasteiger partial charge in [-0.2, -0.15) is 0 Å². The van der Waals surface area contributed by atoms with Crippen LogP contribution in [-0.4, -0.2) is 21.5 Å². The monoisotopic (exact) mass is 209 g/mol. The van der Waals surface area contributed by atoms with Crippen LogP contribution in [-0.2, 0) is 9.05 Å². The molecule has 0 aromatic rings. The van der Waals surface area contributed by atoms with Crippen molar-refractivity contribution in [2.24, 2.45) is 5.92 Å². The van der Waals surface area contributed by atoms with E-state index in [1.165, 1.54) is 0 Å². The quantitative estimate of drug-likeness (QED) is 0.693. The van der Waals surface area contributed by atoms with Gasteiger partial charge in [0, 0.05) is 23.1 Å². The molecule has 1 N–H and O–H groups in total. The van der Waals surface area contributed by atoms with Crippen LogP contribution in [0, 0.1) is 5.92 Å². The van der Waals surface area contributed by atoms with Gasteiger partial charge in [-0.1, -0.05) is 6.58 Å². The summed E-state index contributed by atoms with van der Waals surface area (Å²) in [5.41, 5.74) is 0. The summed E-state index contributed by atoms with van der Waals surface area (Å²) in [7, 11) is 1.60. The van der Waals surface area contributed by atoms with Gasteiger partial charge in [0.25, 0.3) is 9.05 Å². The maximum atomic E-state index is 10.9. The van der Waals surface area contributed by atoms with E-state index in [1.807, 2.05) is 0 Å². The third kappa shape index (κ3) is 2.47. The fourth-order valence-electron chi connectivity index (χ4n) is 1.33. The van der Waals surface area contributed by atoms with Gasteiger partial charge in [0.05, 0.1) is 4.91 Å². The molecule has 1 fully saturated rings. The van der Waals surface area contributed by atoms with Crippen molar-refractivity contribution in [1.82, 2.24) is 5.32 Å². The summed E-state index contributed by atoms with van der Waals surface area (Å²) in [5, 5.41) is 3.10. The Morgan fingerprint density at radius 1 is 1.58 bits per heavy atom. The number of halogens is 1. The third-order valence-corrected chi connectivity index (χ3v) is 3.62. The highest BCUT2D eigenvalue weighted by Crippen LogP contribution is 2.24. The minimum absolute atomic E-state index is 0.0127. The zero-order chi connectivity index (χ0) is 9.19. The fraction of sp³-hybridized carbons (Fsp3) is 0.714. The summed E-state index contributed by atoms with van der Waals surface area (Å²) < 4.78 is 21.7. The molecule has 0 saturated carbocycles. The van der Waals surface area contributed by atoms with Crippen LogP contribution < -0.4 is 5.32 Å². The molecule has 12 heavy (non-hydrogen) atoms. The molecule has 1 rings (SSSR count). The van der Waals surface area contributed by atoms with E-state index in [1.54, 1.807) is 0 Å². The largest absolute Gasteiger partial charge is 0.316 e. The van der Waals surface area contributed by atoms with E-state index < -0.39 is 9.05 Å². The van der Waals surface area contributed by atoms with Crippen LogP contribution in [0.15, 0.2) is 11.5 Å². The van der Waals surface area contributed by atoms with E-state index in [0.717, 1.165) is 19.4 Å². The van der Waals surface area contributed by atoms with E-state index >= 15 is 0 Å². The maximum Gasteiger partial charge on any atom is 0.257 e. The molecule has 1 unspecified atom stereocenters. The Labute approximate surface area is 77.2 Å². The second kappa shape index (κ2) is 3.77. The topological polar surface area (TPSA) is 46.2 Å². The van der Waals surface area contributed by atoms with Gasteiger partial charge in [-0.05, 0) is 19.4 Å². The average molecular weight is 210 g/mol. The van der Waals surface area contributed by atoms with Gasteiger partial charge in [-0.3, -0.25) is 0 Å². The molecule has 1 saturated heterocycles. The molecule has 0 spiro atoms. The van der Waals surface area contributed by atoms with E-state index in [-0.39, 0.29) is 10.8 Å². The summed E-state index contributed by atoms with van der Waals surface area (Å²) >= 11 is 0. The molecule has 0 amide bonds. The van der Waals surface area contributed by atoms with E-state index in [9.17, 15) is 8.42 Å². The van der Waals surface area contributed by atoms with Crippen LogP contribution in [0.3, 0.4) is 0 Å². The first-order chi connectivity index (χ1) is 5.52. The zero-order valence-electron chi connectivity index (χ0n) is 6.72. The zero-order valence-corrected chi connectivity index (χ0v) is 8.29. The Morgan fingerprint density at radius 2 is 2.25 bits per heavy atom. The van der Waals surface area contributed by atoms with Gasteiger partial charge in [0.1, 0.15) is 0 Å². The first kappa shape index (κ1) is 10.0. The average Bonchev–Trinajstić information content (AvgIpc) is 2.03. The number of hydrogen-bond donors (Lipinski definition) is 1. The highest BCUT2D eigenvalue weighted by atomic mass is 35.7. The van der Waals surface area contributed by atoms with Crippen molar-refractivity contribution in [3.8, 4) is 0 Å². The van der Waals surface area contributed by atoms with E-state index in [0.29, 0.717) is 6.54 Å². The van der Waals surface area contributed by atoms with Crippen LogP contribution in [0.4, 0.5) is 0 Å². The molecule has 1 aliphatic rings. The Hall–Kier alpha value is -0.0600. The van der Waals surface area contributed by atoms with Crippen molar-refractivity contribution in [3.05, 3.63) is 11.5 Å². The lowest BCUT2D eigenvalue weighted by molar-refractivity contribution is 0.431. The Balaban J connectivity index is 2.64. The molecule has 1 heterocycles. The van der Waals surface area contributed by atoms with Crippen molar-refractivity contribution in [2.75, 3.05) is 13.1 Å². The second-order valence-electron chi connectivity index (χ2n) is 2.95. The molecular weight excluding hydrogens is 198 g/mol. The molecule has 1 aliphatic heterocycles. The second-order valence-corrected chi connectivity index (χ2v) is 5.57. The molecule has 0 aromatic carbocycles.